The number of aryl methyl sites for hydroxylation is 1. The van der Waals surface area contributed by atoms with E-state index in [1.807, 2.05) is 38.1 Å². The monoisotopic (exact) mass is 223 g/mol. The van der Waals surface area contributed by atoms with Crippen LogP contribution in [0.3, 0.4) is 0 Å². The summed E-state index contributed by atoms with van der Waals surface area (Å²) in [4.78, 5) is 0. The van der Waals surface area contributed by atoms with Crippen molar-refractivity contribution in [2.24, 2.45) is 0 Å². The molecule has 0 fully saturated rings. The summed E-state index contributed by atoms with van der Waals surface area (Å²) in [6.45, 7) is 6.14. The standard InChI is InChI=1S/C13H21NO2/c1-9-4-6-12(7-5-9)13(16)11(3)14-8-10(2)15/h4-7,10-11,13-16H,8H2,1-3H3. The zero-order valence-electron chi connectivity index (χ0n) is 10.1. The molecule has 3 atom stereocenters. The quantitative estimate of drug-likeness (QED) is 0.707. The normalized spacial score (nSPS) is 16.8. The Morgan fingerprint density at radius 3 is 2.19 bits per heavy atom. The summed E-state index contributed by atoms with van der Waals surface area (Å²) in [7, 11) is 0. The molecule has 0 saturated carbocycles. The molecule has 1 rings (SSSR count). The van der Waals surface area contributed by atoms with Crippen molar-refractivity contribution in [2.45, 2.75) is 39.0 Å². The first kappa shape index (κ1) is 13.2. The first-order valence-electron chi connectivity index (χ1n) is 5.66. The molecule has 90 valence electrons. The van der Waals surface area contributed by atoms with Gasteiger partial charge >= 0.3 is 0 Å². The highest BCUT2D eigenvalue weighted by molar-refractivity contribution is 5.23. The maximum Gasteiger partial charge on any atom is 0.0940 e. The molecule has 0 aliphatic carbocycles. The molecule has 0 heterocycles. The van der Waals surface area contributed by atoms with Gasteiger partial charge in [-0.1, -0.05) is 29.8 Å². The summed E-state index contributed by atoms with van der Waals surface area (Å²) >= 11 is 0. The van der Waals surface area contributed by atoms with Gasteiger partial charge in [-0.2, -0.15) is 0 Å². The van der Waals surface area contributed by atoms with Crippen LogP contribution in [-0.2, 0) is 0 Å². The van der Waals surface area contributed by atoms with Crippen molar-refractivity contribution in [1.82, 2.24) is 5.32 Å². The molecule has 0 bridgehead atoms. The van der Waals surface area contributed by atoms with Crippen LogP contribution in [0.15, 0.2) is 24.3 Å². The van der Waals surface area contributed by atoms with Crippen LogP contribution >= 0.6 is 0 Å². The van der Waals surface area contributed by atoms with Crippen LogP contribution in [0.5, 0.6) is 0 Å². The van der Waals surface area contributed by atoms with E-state index in [0.29, 0.717) is 6.54 Å². The molecule has 1 aromatic carbocycles. The number of aliphatic hydroxyl groups excluding tert-OH is 2. The second-order valence-electron chi connectivity index (χ2n) is 4.40. The number of benzene rings is 1. The fourth-order valence-corrected chi connectivity index (χ4v) is 1.52. The topological polar surface area (TPSA) is 52.5 Å². The predicted octanol–water partition coefficient (Wildman–Crippen LogP) is 1.39. The Kier molecular flexibility index (Phi) is 4.93. The molecule has 0 aliphatic heterocycles. The van der Waals surface area contributed by atoms with Gasteiger partial charge in [-0.05, 0) is 26.3 Å². The highest BCUT2D eigenvalue weighted by Crippen LogP contribution is 2.17. The minimum atomic E-state index is -0.542. The van der Waals surface area contributed by atoms with E-state index in [1.165, 1.54) is 5.56 Å². The summed E-state index contributed by atoms with van der Waals surface area (Å²) in [5, 5.41) is 22.3. The van der Waals surface area contributed by atoms with Crippen LogP contribution in [0.25, 0.3) is 0 Å². The smallest absolute Gasteiger partial charge is 0.0940 e. The van der Waals surface area contributed by atoms with Crippen molar-refractivity contribution in [3.8, 4) is 0 Å². The Morgan fingerprint density at radius 1 is 1.12 bits per heavy atom. The number of aliphatic hydroxyl groups is 2. The fourth-order valence-electron chi connectivity index (χ4n) is 1.52. The van der Waals surface area contributed by atoms with Crippen molar-refractivity contribution in [3.63, 3.8) is 0 Å². The summed E-state index contributed by atoms with van der Waals surface area (Å²) in [6.07, 6.45) is -0.938. The van der Waals surface area contributed by atoms with Gasteiger partial charge in [0.25, 0.3) is 0 Å². The second-order valence-corrected chi connectivity index (χ2v) is 4.40. The van der Waals surface area contributed by atoms with E-state index >= 15 is 0 Å². The molecule has 0 aliphatic rings. The maximum atomic E-state index is 10.0. The van der Waals surface area contributed by atoms with Crippen molar-refractivity contribution in [1.29, 1.82) is 0 Å². The summed E-state index contributed by atoms with van der Waals surface area (Å²) in [6, 6.07) is 7.76. The molecule has 3 unspecified atom stereocenters. The van der Waals surface area contributed by atoms with E-state index in [0.717, 1.165) is 5.56 Å². The predicted molar refractivity (Wildman–Crippen MR) is 65.3 cm³/mol. The van der Waals surface area contributed by atoms with Gasteiger partial charge in [-0.15, -0.1) is 0 Å². The summed E-state index contributed by atoms with van der Waals surface area (Å²) < 4.78 is 0. The third kappa shape index (κ3) is 3.93. The van der Waals surface area contributed by atoms with Crippen molar-refractivity contribution in [2.75, 3.05) is 6.54 Å². The van der Waals surface area contributed by atoms with Gasteiger partial charge in [0.1, 0.15) is 0 Å². The van der Waals surface area contributed by atoms with Gasteiger partial charge in [0.05, 0.1) is 12.2 Å². The molecular formula is C13H21NO2. The molecule has 0 saturated heterocycles. The molecule has 0 radical (unpaired) electrons. The van der Waals surface area contributed by atoms with Crippen LogP contribution in [0.2, 0.25) is 0 Å². The minimum Gasteiger partial charge on any atom is -0.392 e. The van der Waals surface area contributed by atoms with E-state index in [2.05, 4.69) is 5.32 Å². The van der Waals surface area contributed by atoms with E-state index < -0.39 is 12.2 Å². The third-order valence-corrected chi connectivity index (χ3v) is 2.63. The highest BCUT2D eigenvalue weighted by atomic mass is 16.3. The maximum absolute atomic E-state index is 10.0. The van der Waals surface area contributed by atoms with Gasteiger partial charge < -0.3 is 15.5 Å². The molecule has 3 nitrogen and oxygen atoms in total. The van der Waals surface area contributed by atoms with Crippen LogP contribution in [0, 0.1) is 6.92 Å². The molecule has 0 spiro atoms. The molecule has 16 heavy (non-hydrogen) atoms. The number of rotatable bonds is 5. The Balaban J connectivity index is 2.56. The summed E-state index contributed by atoms with van der Waals surface area (Å²) in [5.41, 5.74) is 2.08. The van der Waals surface area contributed by atoms with Crippen molar-refractivity contribution < 1.29 is 10.2 Å². The third-order valence-electron chi connectivity index (χ3n) is 2.63. The van der Waals surface area contributed by atoms with Crippen LogP contribution in [0.1, 0.15) is 31.1 Å². The lowest BCUT2D eigenvalue weighted by atomic mass is 10.0. The molecule has 0 amide bonds. The van der Waals surface area contributed by atoms with Crippen LogP contribution in [-0.4, -0.2) is 28.9 Å². The summed E-state index contributed by atoms with van der Waals surface area (Å²) in [5.74, 6) is 0. The fraction of sp³-hybridized carbons (Fsp3) is 0.538. The van der Waals surface area contributed by atoms with Gasteiger partial charge in [0.15, 0.2) is 0 Å². The van der Waals surface area contributed by atoms with Crippen LogP contribution in [0.4, 0.5) is 0 Å². The average molecular weight is 223 g/mol. The lowest BCUT2D eigenvalue weighted by molar-refractivity contribution is 0.121. The Bertz CT molecular complexity index is 308. The second kappa shape index (κ2) is 5.99. The first-order chi connectivity index (χ1) is 7.50. The largest absolute Gasteiger partial charge is 0.392 e. The Morgan fingerprint density at radius 2 is 1.69 bits per heavy atom. The SMILES string of the molecule is Cc1ccc(C(O)C(C)NCC(C)O)cc1. The molecule has 1 aromatic rings. The lowest BCUT2D eigenvalue weighted by Crippen LogP contribution is -2.36. The van der Waals surface area contributed by atoms with Gasteiger partial charge in [-0.25, -0.2) is 0 Å². The molecule has 3 heteroatoms. The van der Waals surface area contributed by atoms with E-state index in [4.69, 9.17) is 5.11 Å². The van der Waals surface area contributed by atoms with Crippen molar-refractivity contribution in [3.05, 3.63) is 35.4 Å². The average Bonchev–Trinajstić information content (AvgIpc) is 2.26. The van der Waals surface area contributed by atoms with E-state index in [1.54, 1.807) is 6.92 Å². The molecule has 3 N–H and O–H groups in total. The first-order valence-corrected chi connectivity index (χ1v) is 5.66. The number of nitrogens with one attached hydrogen (secondary N) is 1. The van der Waals surface area contributed by atoms with Gasteiger partial charge in [-0.3, -0.25) is 0 Å². The lowest BCUT2D eigenvalue weighted by Gasteiger charge is -2.21. The number of hydrogen-bond acceptors (Lipinski definition) is 3. The van der Waals surface area contributed by atoms with Crippen LogP contribution < -0.4 is 5.32 Å². The minimum absolute atomic E-state index is 0.0719. The van der Waals surface area contributed by atoms with Gasteiger partial charge in [0, 0.05) is 12.6 Å². The van der Waals surface area contributed by atoms with Gasteiger partial charge in [0.2, 0.25) is 0 Å². The Labute approximate surface area is 97.1 Å². The highest BCUT2D eigenvalue weighted by Gasteiger charge is 2.15. The molecule has 0 aromatic heterocycles. The zero-order valence-corrected chi connectivity index (χ0v) is 10.1. The Hall–Kier alpha value is -0.900. The zero-order chi connectivity index (χ0) is 12.1. The number of hydrogen-bond donors (Lipinski definition) is 3. The van der Waals surface area contributed by atoms with E-state index in [-0.39, 0.29) is 6.04 Å². The molecular weight excluding hydrogens is 202 g/mol. The van der Waals surface area contributed by atoms with E-state index in [9.17, 15) is 5.11 Å². The van der Waals surface area contributed by atoms with Crippen molar-refractivity contribution >= 4 is 0 Å².